The number of ether oxygens (including phenoxy) is 1. The van der Waals surface area contributed by atoms with Crippen molar-refractivity contribution >= 4 is 11.6 Å². The fourth-order valence-electron chi connectivity index (χ4n) is 1.58. The van der Waals surface area contributed by atoms with E-state index in [1.165, 1.54) is 30.3 Å². The molecule has 0 aliphatic carbocycles. The van der Waals surface area contributed by atoms with E-state index in [1.807, 2.05) is 0 Å². The maximum Gasteiger partial charge on any atom is 0.165 e. The second kappa shape index (κ2) is 5.99. The lowest BCUT2D eigenvalue weighted by molar-refractivity contribution is 0.275. The predicted molar refractivity (Wildman–Crippen MR) is 68.1 cm³/mol. The van der Waals surface area contributed by atoms with Crippen molar-refractivity contribution in [1.29, 1.82) is 0 Å². The lowest BCUT2D eigenvalue weighted by Gasteiger charge is -2.09. The monoisotopic (exact) mass is 284 g/mol. The zero-order chi connectivity index (χ0) is 13.8. The Morgan fingerprint density at radius 3 is 2.63 bits per heavy atom. The summed E-state index contributed by atoms with van der Waals surface area (Å²) in [6.45, 7) is -0.373. The largest absolute Gasteiger partial charge is 0.486 e. The van der Waals surface area contributed by atoms with Gasteiger partial charge in [-0.2, -0.15) is 0 Å². The van der Waals surface area contributed by atoms with Crippen LogP contribution in [0.25, 0.3) is 0 Å². The van der Waals surface area contributed by atoms with Crippen molar-refractivity contribution in [3.63, 3.8) is 0 Å². The summed E-state index contributed by atoms with van der Waals surface area (Å²) in [7, 11) is 0. The first-order valence-electron chi connectivity index (χ1n) is 5.57. The Balaban J connectivity index is 2.12. The molecule has 2 aromatic rings. The van der Waals surface area contributed by atoms with Gasteiger partial charge in [0.25, 0.3) is 0 Å². The number of halogens is 3. The van der Waals surface area contributed by atoms with Crippen molar-refractivity contribution in [2.75, 3.05) is 0 Å². The van der Waals surface area contributed by atoms with E-state index in [1.54, 1.807) is 6.07 Å². The Morgan fingerprint density at radius 2 is 1.95 bits per heavy atom. The fraction of sp³-hybridized carbons (Fsp3) is 0.143. The number of aliphatic hydroxyl groups excluding tert-OH is 1. The minimum Gasteiger partial charge on any atom is -0.486 e. The third-order valence-electron chi connectivity index (χ3n) is 2.59. The molecule has 0 spiro atoms. The van der Waals surface area contributed by atoms with Gasteiger partial charge >= 0.3 is 0 Å². The van der Waals surface area contributed by atoms with E-state index in [4.69, 9.17) is 21.4 Å². The third kappa shape index (κ3) is 3.22. The second-order valence-corrected chi connectivity index (χ2v) is 4.33. The van der Waals surface area contributed by atoms with Crippen LogP contribution in [0.1, 0.15) is 11.1 Å². The van der Waals surface area contributed by atoms with E-state index in [9.17, 15) is 8.78 Å². The number of hydrogen-bond donors (Lipinski definition) is 1. The Labute approximate surface area is 114 Å². The van der Waals surface area contributed by atoms with Crippen LogP contribution in [0.15, 0.2) is 36.4 Å². The quantitative estimate of drug-likeness (QED) is 0.928. The van der Waals surface area contributed by atoms with Crippen LogP contribution >= 0.6 is 11.6 Å². The smallest absolute Gasteiger partial charge is 0.165 e. The van der Waals surface area contributed by atoms with Crippen LogP contribution in [0.3, 0.4) is 0 Å². The van der Waals surface area contributed by atoms with E-state index in [-0.39, 0.29) is 29.5 Å². The van der Waals surface area contributed by atoms with E-state index < -0.39 is 11.6 Å². The van der Waals surface area contributed by atoms with Crippen LogP contribution in [0.5, 0.6) is 5.75 Å². The standard InChI is InChI=1S/C14H11ClF2O2/c15-11-3-1-2-10(14(11)17)8-19-13-5-4-9(7-18)6-12(13)16/h1-6,18H,7-8H2. The molecule has 0 radical (unpaired) electrons. The molecular weight excluding hydrogens is 274 g/mol. The summed E-state index contributed by atoms with van der Waals surface area (Å²) in [6.07, 6.45) is 0. The molecular formula is C14H11ClF2O2. The van der Waals surface area contributed by atoms with Crippen LogP contribution in [-0.4, -0.2) is 5.11 Å². The molecule has 2 rings (SSSR count). The van der Waals surface area contributed by atoms with Gasteiger partial charge in [0, 0.05) is 5.56 Å². The Morgan fingerprint density at radius 1 is 1.16 bits per heavy atom. The average molecular weight is 285 g/mol. The van der Waals surface area contributed by atoms with Crippen molar-refractivity contribution in [2.45, 2.75) is 13.2 Å². The molecule has 5 heteroatoms. The van der Waals surface area contributed by atoms with Crippen LogP contribution in [0, 0.1) is 11.6 Å². The first kappa shape index (κ1) is 13.8. The van der Waals surface area contributed by atoms with Crippen molar-refractivity contribution in [2.24, 2.45) is 0 Å². The molecule has 100 valence electrons. The van der Waals surface area contributed by atoms with Gasteiger partial charge in [0.1, 0.15) is 12.4 Å². The van der Waals surface area contributed by atoms with Gasteiger partial charge in [-0.05, 0) is 23.8 Å². The zero-order valence-electron chi connectivity index (χ0n) is 9.87. The normalized spacial score (nSPS) is 10.5. The van der Waals surface area contributed by atoms with Crippen LogP contribution in [0.2, 0.25) is 5.02 Å². The molecule has 0 atom stereocenters. The minimum absolute atomic E-state index is 0.00259. The van der Waals surface area contributed by atoms with Crippen molar-refractivity contribution in [1.82, 2.24) is 0 Å². The highest BCUT2D eigenvalue weighted by molar-refractivity contribution is 6.30. The summed E-state index contributed by atoms with van der Waals surface area (Å²) in [4.78, 5) is 0. The van der Waals surface area contributed by atoms with Gasteiger partial charge in [0.2, 0.25) is 0 Å². The molecule has 0 fully saturated rings. The van der Waals surface area contributed by atoms with E-state index in [0.717, 1.165) is 0 Å². The third-order valence-corrected chi connectivity index (χ3v) is 2.89. The summed E-state index contributed by atoms with van der Waals surface area (Å²) in [5, 5.41) is 8.85. The average Bonchev–Trinajstić information content (AvgIpc) is 2.41. The highest BCUT2D eigenvalue weighted by atomic mass is 35.5. The molecule has 0 bridgehead atoms. The lowest BCUT2D eigenvalue weighted by Crippen LogP contribution is -2.01. The Hall–Kier alpha value is -1.65. The molecule has 0 saturated carbocycles. The van der Waals surface area contributed by atoms with Crippen LogP contribution in [0.4, 0.5) is 8.78 Å². The van der Waals surface area contributed by atoms with Gasteiger partial charge < -0.3 is 9.84 Å². The molecule has 0 heterocycles. The molecule has 1 N–H and O–H groups in total. The first-order chi connectivity index (χ1) is 9.11. The zero-order valence-corrected chi connectivity index (χ0v) is 10.6. The van der Waals surface area contributed by atoms with Crippen LogP contribution < -0.4 is 4.74 Å². The predicted octanol–water partition coefficient (Wildman–Crippen LogP) is 3.69. The molecule has 0 amide bonds. The van der Waals surface area contributed by atoms with Gasteiger partial charge in [0.15, 0.2) is 11.6 Å². The topological polar surface area (TPSA) is 29.5 Å². The number of hydrogen-bond acceptors (Lipinski definition) is 2. The Bertz CT molecular complexity index is 588. The number of rotatable bonds is 4. The highest BCUT2D eigenvalue weighted by Crippen LogP contribution is 2.22. The number of aliphatic hydroxyl groups is 1. The van der Waals surface area contributed by atoms with Crippen LogP contribution in [-0.2, 0) is 13.2 Å². The molecule has 19 heavy (non-hydrogen) atoms. The van der Waals surface area contributed by atoms with Gasteiger partial charge in [0.05, 0.1) is 11.6 Å². The van der Waals surface area contributed by atoms with E-state index in [2.05, 4.69) is 0 Å². The molecule has 0 aliphatic rings. The van der Waals surface area contributed by atoms with E-state index >= 15 is 0 Å². The summed E-state index contributed by atoms with van der Waals surface area (Å²) in [6, 6.07) is 8.63. The summed E-state index contributed by atoms with van der Waals surface area (Å²) in [5.74, 6) is -1.18. The molecule has 2 aromatic carbocycles. The highest BCUT2D eigenvalue weighted by Gasteiger charge is 2.09. The number of benzene rings is 2. The molecule has 0 unspecified atom stereocenters. The second-order valence-electron chi connectivity index (χ2n) is 3.92. The molecule has 2 nitrogen and oxygen atoms in total. The van der Waals surface area contributed by atoms with Crippen molar-refractivity contribution in [3.05, 3.63) is 64.2 Å². The summed E-state index contributed by atoms with van der Waals surface area (Å²) < 4.78 is 32.4. The van der Waals surface area contributed by atoms with Gasteiger partial charge in [-0.1, -0.05) is 29.8 Å². The fourth-order valence-corrected chi connectivity index (χ4v) is 1.77. The lowest BCUT2D eigenvalue weighted by atomic mass is 10.2. The van der Waals surface area contributed by atoms with Crippen molar-refractivity contribution in [3.8, 4) is 5.75 Å². The molecule has 0 saturated heterocycles. The van der Waals surface area contributed by atoms with Gasteiger partial charge in [-0.15, -0.1) is 0 Å². The Kier molecular flexibility index (Phi) is 4.35. The van der Waals surface area contributed by atoms with Crippen molar-refractivity contribution < 1.29 is 18.6 Å². The maximum absolute atomic E-state index is 13.6. The molecule has 0 aromatic heterocycles. The van der Waals surface area contributed by atoms with E-state index in [0.29, 0.717) is 5.56 Å². The minimum atomic E-state index is -0.603. The SMILES string of the molecule is OCc1ccc(OCc2cccc(Cl)c2F)c(F)c1. The summed E-state index contributed by atoms with van der Waals surface area (Å²) >= 11 is 5.63. The van der Waals surface area contributed by atoms with Gasteiger partial charge in [-0.3, -0.25) is 0 Å². The first-order valence-corrected chi connectivity index (χ1v) is 5.94. The maximum atomic E-state index is 13.6. The van der Waals surface area contributed by atoms with Gasteiger partial charge in [-0.25, -0.2) is 8.78 Å². The summed E-state index contributed by atoms with van der Waals surface area (Å²) in [5.41, 5.74) is 0.692. The molecule has 0 aliphatic heterocycles.